The number of nitrogens with zero attached hydrogens (tertiary/aromatic N) is 1. The highest BCUT2D eigenvalue weighted by Crippen LogP contribution is 2.39. The molecule has 0 heterocycles. The molecule has 0 radical (unpaired) electrons. The van der Waals surface area contributed by atoms with Crippen molar-refractivity contribution in [2.24, 2.45) is 17.6 Å². The van der Waals surface area contributed by atoms with E-state index in [1.807, 2.05) is 0 Å². The lowest BCUT2D eigenvalue weighted by Gasteiger charge is -2.45. The largest absolute Gasteiger partial charge is 0.352 e. The quantitative estimate of drug-likeness (QED) is 0.731. The Morgan fingerprint density at radius 1 is 1.21 bits per heavy atom. The van der Waals surface area contributed by atoms with Gasteiger partial charge in [0.1, 0.15) is 6.42 Å². The number of carbonyl (C=O) groups excluding carboxylic acids is 2. The van der Waals surface area contributed by atoms with Gasteiger partial charge in [-0.3, -0.25) is 9.59 Å². The van der Waals surface area contributed by atoms with Crippen molar-refractivity contribution in [3.05, 3.63) is 0 Å². The van der Waals surface area contributed by atoms with E-state index in [9.17, 15) is 9.59 Å². The van der Waals surface area contributed by atoms with Gasteiger partial charge in [-0.15, -0.1) is 0 Å². The lowest BCUT2D eigenvalue weighted by molar-refractivity contribution is -0.135. The molecule has 5 nitrogen and oxygen atoms in total. The highest BCUT2D eigenvalue weighted by atomic mass is 16.2. The minimum absolute atomic E-state index is 0.0466. The van der Waals surface area contributed by atoms with E-state index >= 15 is 0 Å². The van der Waals surface area contributed by atoms with E-state index < -0.39 is 0 Å². The molecule has 2 aliphatic carbocycles. The molecule has 0 aromatic carbocycles. The third kappa shape index (κ3) is 3.47. The molecule has 5 heteroatoms. The molecule has 2 fully saturated rings. The SMILES string of the molecule is CN(C)C(=O)CC(=O)NC1C2CCCC1CC(N)C2. The molecule has 3 N–H and O–H groups in total. The Balaban J connectivity index is 1.91. The van der Waals surface area contributed by atoms with Gasteiger partial charge in [-0.2, -0.15) is 0 Å². The fraction of sp³-hybridized carbons (Fsp3) is 0.857. The van der Waals surface area contributed by atoms with Crippen LogP contribution in [0.15, 0.2) is 0 Å². The van der Waals surface area contributed by atoms with Crippen LogP contribution in [0.3, 0.4) is 0 Å². The number of carbonyl (C=O) groups is 2. The molecule has 0 aromatic heterocycles. The lowest BCUT2D eigenvalue weighted by Crippen LogP contribution is -2.54. The maximum atomic E-state index is 11.9. The second kappa shape index (κ2) is 5.90. The highest BCUT2D eigenvalue weighted by Gasteiger charge is 2.39. The minimum atomic E-state index is -0.143. The Hall–Kier alpha value is -1.10. The maximum Gasteiger partial charge on any atom is 0.231 e. The van der Waals surface area contributed by atoms with Crippen LogP contribution in [0.2, 0.25) is 0 Å². The van der Waals surface area contributed by atoms with Crippen LogP contribution in [0.25, 0.3) is 0 Å². The smallest absolute Gasteiger partial charge is 0.231 e. The Labute approximate surface area is 114 Å². The zero-order valence-electron chi connectivity index (χ0n) is 11.9. The number of nitrogens with two attached hydrogens (primary N) is 1. The van der Waals surface area contributed by atoms with Crippen LogP contribution < -0.4 is 11.1 Å². The maximum absolute atomic E-state index is 11.9. The zero-order valence-corrected chi connectivity index (χ0v) is 11.9. The molecule has 2 amide bonds. The molecule has 0 spiro atoms. The van der Waals surface area contributed by atoms with Gasteiger partial charge < -0.3 is 16.0 Å². The second-order valence-electron chi connectivity index (χ2n) is 6.24. The summed E-state index contributed by atoms with van der Waals surface area (Å²) >= 11 is 0. The van der Waals surface area contributed by atoms with E-state index in [1.54, 1.807) is 14.1 Å². The Bertz CT molecular complexity index is 343. The predicted octanol–water partition coefficient (Wildman–Crippen LogP) is 0.487. The van der Waals surface area contributed by atoms with Crippen LogP contribution in [0, 0.1) is 11.8 Å². The highest BCUT2D eigenvalue weighted by molar-refractivity contribution is 5.96. The van der Waals surface area contributed by atoms with Gasteiger partial charge in [0, 0.05) is 26.2 Å². The molecule has 2 rings (SSSR count). The average Bonchev–Trinajstić information content (AvgIpc) is 2.30. The molecule has 19 heavy (non-hydrogen) atoms. The molecule has 0 aliphatic heterocycles. The number of fused-ring (bicyclic) bond motifs is 2. The van der Waals surface area contributed by atoms with Crippen molar-refractivity contribution in [3.8, 4) is 0 Å². The molecule has 108 valence electrons. The van der Waals surface area contributed by atoms with Gasteiger partial charge in [0.2, 0.25) is 11.8 Å². The normalized spacial score (nSPS) is 33.6. The molecule has 2 unspecified atom stereocenters. The van der Waals surface area contributed by atoms with E-state index in [0.717, 1.165) is 25.7 Å². The van der Waals surface area contributed by atoms with E-state index in [1.165, 1.54) is 11.3 Å². The van der Waals surface area contributed by atoms with E-state index in [-0.39, 0.29) is 30.3 Å². The van der Waals surface area contributed by atoms with Crippen LogP contribution in [0.1, 0.15) is 38.5 Å². The summed E-state index contributed by atoms with van der Waals surface area (Å²) in [7, 11) is 3.34. The van der Waals surface area contributed by atoms with Crippen molar-refractivity contribution in [3.63, 3.8) is 0 Å². The zero-order chi connectivity index (χ0) is 14.0. The van der Waals surface area contributed by atoms with Crippen molar-refractivity contribution in [2.45, 2.75) is 50.6 Å². The third-order valence-corrected chi connectivity index (χ3v) is 4.51. The molecule has 2 atom stereocenters. The van der Waals surface area contributed by atoms with Crippen LogP contribution >= 0.6 is 0 Å². The van der Waals surface area contributed by atoms with E-state index in [2.05, 4.69) is 5.32 Å². The summed E-state index contributed by atoms with van der Waals surface area (Å²) in [5, 5.41) is 3.09. The first-order valence-corrected chi connectivity index (χ1v) is 7.22. The van der Waals surface area contributed by atoms with Gasteiger partial charge >= 0.3 is 0 Å². The fourth-order valence-corrected chi connectivity index (χ4v) is 3.56. The number of hydrogen-bond acceptors (Lipinski definition) is 3. The number of nitrogens with one attached hydrogen (secondary N) is 1. The first-order valence-electron chi connectivity index (χ1n) is 7.22. The van der Waals surface area contributed by atoms with Gasteiger partial charge in [-0.1, -0.05) is 6.42 Å². The summed E-state index contributed by atoms with van der Waals surface area (Å²) in [6.45, 7) is 0. The van der Waals surface area contributed by atoms with Gasteiger partial charge in [0.25, 0.3) is 0 Å². The average molecular weight is 267 g/mol. The predicted molar refractivity (Wildman–Crippen MR) is 73.3 cm³/mol. The summed E-state index contributed by atoms with van der Waals surface area (Å²) in [5.74, 6) is 0.716. The van der Waals surface area contributed by atoms with Gasteiger partial charge in [0.15, 0.2) is 0 Å². The first kappa shape index (κ1) is 14.3. The van der Waals surface area contributed by atoms with Gasteiger partial charge in [-0.25, -0.2) is 0 Å². The fourth-order valence-electron chi connectivity index (χ4n) is 3.56. The second-order valence-corrected chi connectivity index (χ2v) is 6.24. The summed E-state index contributed by atoms with van der Waals surface area (Å²) in [4.78, 5) is 24.9. The number of amides is 2. The minimum Gasteiger partial charge on any atom is -0.352 e. The summed E-state index contributed by atoms with van der Waals surface area (Å²) < 4.78 is 0. The van der Waals surface area contributed by atoms with Crippen LogP contribution in [-0.4, -0.2) is 42.9 Å². The Morgan fingerprint density at radius 3 is 2.32 bits per heavy atom. The topological polar surface area (TPSA) is 75.4 Å². The summed E-state index contributed by atoms with van der Waals surface area (Å²) in [6, 6.07) is 0.517. The van der Waals surface area contributed by atoms with Crippen LogP contribution in [-0.2, 0) is 9.59 Å². The van der Waals surface area contributed by atoms with E-state index in [4.69, 9.17) is 5.73 Å². The summed E-state index contributed by atoms with van der Waals surface area (Å²) in [5.41, 5.74) is 6.07. The first-order chi connectivity index (χ1) is 8.97. The Kier molecular flexibility index (Phi) is 4.45. The van der Waals surface area contributed by atoms with Crippen molar-refractivity contribution in [1.29, 1.82) is 0 Å². The monoisotopic (exact) mass is 267 g/mol. The van der Waals surface area contributed by atoms with Crippen molar-refractivity contribution in [1.82, 2.24) is 10.2 Å². The molecule has 2 aliphatic rings. The van der Waals surface area contributed by atoms with Crippen molar-refractivity contribution >= 4 is 11.8 Å². The molecular formula is C14H25N3O2. The van der Waals surface area contributed by atoms with Crippen molar-refractivity contribution < 1.29 is 9.59 Å². The number of rotatable bonds is 3. The van der Waals surface area contributed by atoms with Gasteiger partial charge in [-0.05, 0) is 37.5 Å². The van der Waals surface area contributed by atoms with Gasteiger partial charge in [0.05, 0.1) is 0 Å². The standard InChI is InChI=1S/C14H25N3O2/c1-17(2)13(19)8-12(18)16-14-9-4-3-5-10(14)7-11(15)6-9/h9-11,14H,3-8,15H2,1-2H3,(H,16,18). The molecule has 2 bridgehead atoms. The van der Waals surface area contributed by atoms with Crippen LogP contribution in [0.5, 0.6) is 0 Å². The molecule has 2 saturated carbocycles. The summed E-state index contributed by atoms with van der Waals surface area (Å²) in [6.07, 6.45) is 5.50. The third-order valence-electron chi connectivity index (χ3n) is 4.51. The van der Waals surface area contributed by atoms with Crippen molar-refractivity contribution in [2.75, 3.05) is 14.1 Å². The molecule has 0 aromatic rings. The Morgan fingerprint density at radius 2 is 1.79 bits per heavy atom. The number of hydrogen-bond donors (Lipinski definition) is 2. The lowest BCUT2D eigenvalue weighted by atomic mass is 9.67. The molecule has 0 saturated heterocycles. The molecular weight excluding hydrogens is 242 g/mol. The van der Waals surface area contributed by atoms with Crippen LogP contribution in [0.4, 0.5) is 0 Å². The van der Waals surface area contributed by atoms with E-state index in [0.29, 0.717) is 11.8 Å².